The molecule has 0 atom stereocenters. The van der Waals surface area contributed by atoms with Crippen molar-refractivity contribution in [2.45, 2.75) is 13.3 Å². The van der Waals surface area contributed by atoms with E-state index in [-0.39, 0.29) is 11.5 Å². The smallest absolute Gasteiger partial charge is 0.150 e. The summed E-state index contributed by atoms with van der Waals surface area (Å²) in [5.74, 6) is -0.582. The van der Waals surface area contributed by atoms with Gasteiger partial charge >= 0.3 is 0 Å². The molecule has 0 saturated heterocycles. The van der Waals surface area contributed by atoms with E-state index in [9.17, 15) is 8.78 Å². The van der Waals surface area contributed by atoms with Crippen molar-refractivity contribution < 1.29 is 8.78 Å². The summed E-state index contributed by atoms with van der Waals surface area (Å²) in [6.45, 7) is 2.75. The predicted molar refractivity (Wildman–Crippen MR) is 85.9 cm³/mol. The van der Waals surface area contributed by atoms with Crippen molar-refractivity contribution in [1.82, 2.24) is 9.97 Å². The number of benzene rings is 1. The number of anilines is 3. The van der Waals surface area contributed by atoms with E-state index in [1.54, 1.807) is 0 Å². The number of nitrogens with zero attached hydrogens (tertiary/aromatic N) is 2. The average molecular weight is 422 g/mol. The van der Waals surface area contributed by atoms with E-state index in [1.165, 1.54) is 18.5 Å². The van der Waals surface area contributed by atoms with Crippen molar-refractivity contribution in [2.24, 2.45) is 0 Å². The zero-order chi connectivity index (χ0) is 15.4. The maximum Gasteiger partial charge on any atom is 0.150 e. The van der Waals surface area contributed by atoms with Gasteiger partial charge in [0.1, 0.15) is 28.1 Å². The van der Waals surface area contributed by atoms with E-state index in [1.807, 2.05) is 6.92 Å². The van der Waals surface area contributed by atoms with Crippen molar-refractivity contribution in [3.63, 3.8) is 0 Å². The predicted octanol–water partition coefficient (Wildman–Crippen LogP) is 4.85. The lowest BCUT2D eigenvalue weighted by Crippen LogP contribution is -2.06. The SMILES string of the molecule is CCCNc1ncnc(Nc2c(F)cc(Br)cc2F)c1Br. The summed E-state index contributed by atoms with van der Waals surface area (Å²) in [6, 6.07) is 2.35. The Balaban J connectivity index is 2.32. The van der Waals surface area contributed by atoms with Crippen molar-refractivity contribution in [3.05, 3.63) is 39.0 Å². The Morgan fingerprint density at radius 1 is 1.10 bits per heavy atom. The highest BCUT2D eigenvalue weighted by Crippen LogP contribution is 2.32. The molecule has 112 valence electrons. The lowest BCUT2D eigenvalue weighted by atomic mass is 10.3. The van der Waals surface area contributed by atoms with E-state index in [2.05, 4.69) is 52.5 Å². The quantitative estimate of drug-likeness (QED) is 0.724. The molecule has 1 aromatic heterocycles. The Labute approximate surface area is 137 Å². The Morgan fingerprint density at radius 2 is 1.71 bits per heavy atom. The van der Waals surface area contributed by atoms with E-state index < -0.39 is 11.6 Å². The van der Waals surface area contributed by atoms with Crippen LogP contribution < -0.4 is 10.6 Å². The summed E-state index contributed by atoms with van der Waals surface area (Å²) >= 11 is 6.36. The van der Waals surface area contributed by atoms with Crippen LogP contribution in [0.2, 0.25) is 0 Å². The second-order valence-corrected chi connectivity index (χ2v) is 5.89. The van der Waals surface area contributed by atoms with Crippen molar-refractivity contribution >= 4 is 49.2 Å². The fourth-order valence-electron chi connectivity index (χ4n) is 1.60. The van der Waals surface area contributed by atoms with Crippen molar-refractivity contribution in [1.29, 1.82) is 0 Å². The molecule has 0 aliphatic heterocycles. The largest absolute Gasteiger partial charge is 0.369 e. The van der Waals surface area contributed by atoms with Gasteiger partial charge in [-0.05, 0) is 34.5 Å². The number of hydrogen-bond donors (Lipinski definition) is 2. The molecule has 2 aromatic rings. The minimum atomic E-state index is -0.713. The summed E-state index contributed by atoms with van der Waals surface area (Å²) in [5, 5.41) is 5.74. The van der Waals surface area contributed by atoms with Crippen molar-refractivity contribution in [3.8, 4) is 0 Å². The molecule has 0 spiro atoms. The molecule has 2 N–H and O–H groups in total. The van der Waals surface area contributed by atoms with Crippen LogP contribution >= 0.6 is 31.9 Å². The zero-order valence-corrected chi connectivity index (χ0v) is 14.2. The Morgan fingerprint density at radius 3 is 2.33 bits per heavy atom. The van der Waals surface area contributed by atoms with E-state index in [4.69, 9.17) is 0 Å². The van der Waals surface area contributed by atoms with Gasteiger partial charge in [0.25, 0.3) is 0 Å². The Bertz CT molecular complexity index is 629. The fourth-order valence-corrected chi connectivity index (χ4v) is 2.45. The van der Waals surface area contributed by atoms with Gasteiger partial charge in [-0.1, -0.05) is 22.9 Å². The van der Waals surface area contributed by atoms with Crippen LogP contribution in [0.25, 0.3) is 0 Å². The molecule has 0 fully saturated rings. The summed E-state index contributed by atoms with van der Waals surface area (Å²) < 4.78 is 28.5. The molecule has 0 unspecified atom stereocenters. The topological polar surface area (TPSA) is 49.8 Å². The van der Waals surface area contributed by atoms with Gasteiger partial charge in [-0.25, -0.2) is 18.7 Å². The van der Waals surface area contributed by atoms with Gasteiger partial charge < -0.3 is 10.6 Å². The van der Waals surface area contributed by atoms with Gasteiger partial charge in [0.15, 0.2) is 11.6 Å². The molecule has 1 heterocycles. The first kappa shape index (κ1) is 16.1. The fraction of sp³-hybridized carbons (Fsp3) is 0.231. The molecule has 0 saturated carbocycles. The Kier molecular flexibility index (Phi) is 5.46. The summed E-state index contributed by atoms with van der Waals surface area (Å²) in [7, 11) is 0. The molecule has 0 aliphatic rings. The highest BCUT2D eigenvalue weighted by molar-refractivity contribution is 9.11. The van der Waals surface area contributed by atoms with Gasteiger partial charge in [0.2, 0.25) is 0 Å². The first-order valence-electron chi connectivity index (χ1n) is 6.18. The highest BCUT2D eigenvalue weighted by atomic mass is 79.9. The van der Waals surface area contributed by atoms with Crippen LogP contribution in [0, 0.1) is 11.6 Å². The minimum absolute atomic E-state index is 0.265. The molecule has 8 heteroatoms. The second kappa shape index (κ2) is 7.13. The number of hydrogen-bond acceptors (Lipinski definition) is 4. The van der Waals surface area contributed by atoms with Crippen LogP contribution in [0.1, 0.15) is 13.3 Å². The number of halogens is 4. The molecule has 21 heavy (non-hydrogen) atoms. The number of aromatic nitrogens is 2. The number of rotatable bonds is 5. The molecule has 4 nitrogen and oxygen atoms in total. The van der Waals surface area contributed by atoms with Gasteiger partial charge in [-0.2, -0.15) is 0 Å². The first-order chi connectivity index (χ1) is 10.0. The zero-order valence-electron chi connectivity index (χ0n) is 11.1. The second-order valence-electron chi connectivity index (χ2n) is 4.18. The van der Waals surface area contributed by atoms with Crippen LogP contribution in [0.3, 0.4) is 0 Å². The highest BCUT2D eigenvalue weighted by Gasteiger charge is 2.14. The lowest BCUT2D eigenvalue weighted by molar-refractivity contribution is 0.589. The Hall–Kier alpha value is -1.28. The van der Waals surface area contributed by atoms with Crippen LogP contribution in [-0.4, -0.2) is 16.5 Å². The standard InChI is InChI=1S/C13H12Br2F2N4/c1-2-3-18-12-10(15)13(20-6-19-12)21-11-8(16)4-7(14)5-9(11)17/h4-6H,2-3H2,1H3,(H2,18,19,20,21). The monoisotopic (exact) mass is 420 g/mol. The van der Waals surface area contributed by atoms with Crippen LogP contribution in [0.4, 0.5) is 26.1 Å². The summed E-state index contributed by atoms with van der Waals surface area (Å²) in [4.78, 5) is 8.07. The van der Waals surface area contributed by atoms with Gasteiger partial charge in [0.05, 0.1) is 0 Å². The normalized spacial score (nSPS) is 10.5. The molecular weight excluding hydrogens is 410 g/mol. The van der Waals surface area contributed by atoms with Crippen molar-refractivity contribution in [2.75, 3.05) is 17.2 Å². The third-order valence-corrected chi connectivity index (χ3v) is 3.79. The molecule has 2 rings (SSSR count). The third-order valence-electron chi connectivity index (χ3n) is 2.58. The summed E-state index contributed by atoms with van der Waals surface area (Å²) in [6.07, 6.45) is 2.24. The lowest BCUT2D eigenvalue weighted by Gasteiger charge is -2.12. The molecular formula is C13H12Br2F2N4. The maximum atomic E-state index is 13.8. The third kappa shape index (κ3) is 3.88. The van der Waals surface area contributed by atoms with Gasteiger partial charge in [-0.15, -0.1) is 0 Å². The molecule has 0 amide bonds. The first-order valence-corrected chi connectivity index (χ1v) is 7.77. The van der Waals surface area contributed by atoms with E-state index in [0.717, 1.165) is 13.0 Å². The van der Waals surface area contributed by atoms with E-state index in [0.29, 0.717) is 14.8 Å². The van der Waals surface area contributed by atoms with Crippen LogP contribution in [0.15, 0.2) is 27.4 Å². The minimum Gasteiger partial charge on any atom is -0.369 e. The average Bonchev–Trinajstić information content (AvgIpc) is 2.43. The molecule has 0 aliphatic carbocycles. The summed E-state index contributed by atoms with van der Waals surface area (Å²) in [5.41, 5.74) is -0.265. The maximum absolute atomic E-state index is 13.8. The van der Waals surface area contributed by atoms with Gasteiger partial charge in [0, 0.05) is 11.0 Å². The molecule has 0 radical (unpaired) electrons. The molecule has 1 aromatic carbocycles. The van der Waals surface area contributed by atoms with Crippen LogP contribution in [-0.2, 0) is 0 Å². The number of nitrogens with one attached hydrogen (secondary N) is 2. The van der Waals surface area contributed by atoms with Crippen LogP contribution in [0.5, 0.6) is 0 Å². The molecule has 0 bridgehead atoms. The van der Waals surface area contributed by atoms with E-state index >= 15 is 0 Å². The van der Waals surface area contributed by atoms with Gasteiger partial charge in [-0.3, -0.25) is 0 Å².